The molecule has 4 atom stereocenters. The topological polar surface area (TPSA) is 198 Å². The molecular formula is C21H22N4O7. The van der Waals surface area contributed by atoms with Crippen LogP contribution >= 0.6 is 0 Å². The average Bonchev–Trinajstić information content (AvgIpc) is 2.70. The molecule has 0 aromatic heterocycles. The van der Waals surface area contributed by atoms with Crippen LogP contribution in [0.2, 0.25) is 0 Å². The third-order valence-corrected chi connectivity index (χ3v) is 6.70. The Morgan fingerprint density at radius 3 is 2.47 bits per heavy atom. The lowest BCUT2D eigenvalue weighted by atomic mass is 9.57. The summed E-state index contributed by atoms with van der Waals surface area (Å²) in [6.07, 6.45) is 0.0828. The molecule has 11 heteroatoms. The van der Waals surface area contributed by atoms with E-state index in [0.717, 1.165) is 0 Å². The van der Waals surface area contributed by atoms with Gasteiger partial charge < -0.3 is 26.2 Å². The summed E-state index contributed by atoms with van der Waals surface area (Å²) in [5, 5.41) is 46.8. The van der Waals surface area contributed by atoms with Crippen molar-refractivity contribution in [3.8, 4) is 5.75 Å². The van der Waals surface area contributed by atoms with Crippen LogP contribution in [0, 0.1) is 17.4 Å². The maximum absolute atomic E-state index is 13.6. The molecule has 32 heavy (non-hydrogen) atoms. The summed E-state index contributed by atoms with van der Waals surface area (Å²) in [5.74, 6) is -7.10. The van der Waals surface area contributed by atoms with Crippen LogP contribution in [0.5, 0.6) is 5.75 Å². The number of nitrogens with zero attached hydrogens (tertiary/aromatic N) is 2. The smallest absolute Gasteiger partial charge is 0.255 e. The molecule has 1 amide bonds. The van der Waals surface area contributed by atoms with Crippen LogP contribution in [0.25, 0.3) is 5.76 Å². The highest BCUT2D eigenvalue weighted by Gasteiger charge is 2.64. The number of phenols is 1. The normalized spacial score (nSPS) is 29.6. The Balaban J connectivity index is 2.00. The molecule has 1 saturated carbocycles. The molecule has 1 fully saturated rings. The number of Topliss-reactive ketones (excluding diaryl/α,β-unsaturated/α-hetero) is 2. The van der Waals surface area contributed by atoms with Gasteiger partial charge in [0.2, 0.25) is 5.78 Å². The Morgan fingerprint density at radius 2 is 1.91 bits per heavy atom. The van der Waals surface area contributed by atoms with Gasteiger partial charge in [-0.1, -0.05) is 0 Å². The number of likely N-dealkylation sites (N-methyl/N-ethyl adjacent to an activating group) is 1. The highest BCUT2D eigenvalue weighted by molar-refractivity contribution is 6.24. The van der Waals surface area contributed by atoms with Gasteiger partial charge in [-0.15, -0.1) is 0 Å². The monoisotopic (exact) mass is 442 g/mol. The molecular weight excluding hydrogens is 420 g/mol. The molecule has 1 aromatic rings. The number of hydrogen-bond acceptors (Lipinski definition) is 10. The largest absolute Gasteiger partial charge is 0.508 e. The molecule has 7 N–H and O–H groups in total. The Morgan fingerprint density at radius 1 is 1.25 bits per heavy atom. The first-order valence-electron chi connectivity index (χ1n) is 9.83. The lowest BCUT2D eigenvalue weighted by Crippen LogP contribution is -2.65. The summed E-state index contributed by atoms with van der Waals surface area (Å²) in [5.41, 5.74) is 9.34. The van der Waals surface area contributed by atoms with E-state index in [4.69, 9.17) is 11.3 Å². The molecule has 4 rings (SSSR count). The van der Waals surface area contributed by atoms with Gasteiger partial charge >= 0.3 is 0 Å². The second-order valence-electron chi connectivity index (χ2n) is 8.53. The van der Waals surface area contributed by atoms with Gasteiger partial charge in [0.05, 0.1) is 17.3 Å². The molecule has 3 aliphatic carbocycles. The second-order valence-corrected chi connectivity index (χ2v) is 8.53. The van der Waals surface area contributed by atoms with Crippen molar-refractivity contribution in [2.45, 2.75) is 24.5 Å². The summed E-state index contributed by atoms with van der Waals surface area (Å²) in [7, 11) is 3.06. The van der Waals surface area contributed by atoms with Crippen LogP contribution in [0.15, 0.2) is 34.2 Å². The zero-order valence-electron chi connectivity index (χ0n) is 17.3. The number of aromatic hydroxyl groups is 1. The molecule has 0 spiro atoms. The Kier molecular flexibility index (Phi) is 4.72. The standard InChI is InChI=1S/C21H22N4O7/c1-25(2)15-9-6-7-5-8-10(24-23)3-4-11(26)13(8)16(27)12(7)18(29)21(9,32)19(30)14(17(15)28)20(22)31/h3-4,7,9,15,23,26-27,30,32H,5-6H2,1-2H3,(H2,22,31)/t7?,9?,15-,21-/m0/s1. The van der Waals surface area contributed by atoms with E-state index in [0.29, 0.717) is 5.56 Å². The van der Waals surface area contributed by atoms with Crippen LogP contribution in [-0.2, 0) is 20.8 Å². The van der Waals surface area contributed by atoms with Crippen molar-refractivity contribution >= 4 is 28.9 Å². The van der Waals surface area contributed by atoms with Gasteiger partial charge in [0.1, 0.15) is 22.8 Å². The minimum absolute atomic E-state index is 0.0150. The van der Waals surface area contributed by atoms with Crippen molar-refractivity contribution in [1.82, 2.24) is 4.90 Å². The minimum atomic E-state index is -2.67. The number of hydrogen-bond donors (Lipinski definition) is 6. The van der Waals surface area contributed by atoms with E-state index >= 15 is 0 Å². The predicted octanol–water partition coefficient (Wildman–Crippen LogP) is 0.626. The zero-order chi connectivity index (χ0) is 23.7. The minimum Gasteiger partial charge on any atom is -0.508 e. The number of fused-ring (bicyclic) bond motifs is 3. The van der Waals surface area contributed by atoms with Crippen LogP contribution < -0.4 is 5.73 Å². The van der Waals surface area contributed by atoms with Crippen molar-refractivity contribution in [3.63, 3.8) is 0 Å². The average molecular weight is 442 g/mol. The van der Waals surface area contributed by atoms with E-state index in [1.54, 1.807) is 0 Å². The number of aliphatic hydroxyl groups is 3. The van der Waals surface area contributed by atoms with E-state index in [2.05, 4.69) is 5.11 Å². The number of nitrogens with one attached hydrogen (secondary N) is 1. The number of phenolic OH excluding ortho intramolecular Hbond substituents is 1. The van der Waals surface area contributed by atoms with Crippen molar-refractivity contribution in [1.29, 1.82) is 5.53 Å². The Bertz CT molecular complexity index is 1170. The number of primary amides is 1. The van der Waals surface area contributed by atoms with Crippen LogP contribution in [0.3, 0.4) is 0 Å². The number of carbonyl (C=O) groups is 3. The number of nitrogens with two attached hydrogens (primary N) is 1. The summed E-state index contributed by atoms with van der Waals surface area (Å²) in [4.78, 5) is 39.9. The molecule has 3 aliphatic rings. The van der Waals surface area contributed by atoms with Gasteiger partial charge in [-0.3, -0.25) is 19.3 Å². The van der Waals surface area contributed by atoms with Crippen LogP contribution in [0.4, 0.5) is 5.69 Å². The number of rotatable bonds is 3. The number of ketones is 2. The van der Waals surface area contributed by atoms with Crippen molar-refractivity contribution in [2.75, 3.05) is 14.1 Å². The van der Waals surface area contributed by atoms with E-state index in [1.165, 1.54) is 31.1 Å². The lowest BCUT2D eigenvalue weighted by molar-refractivity contribution is -0.153. The van der Waals surface area contributed by atoms with E-state index in [9.17, 15) is 34.8 Å². The van der Waals surface area contributed by atoms with Crippen molar-refractivity contribution in [2.24, 2.45) is 22.7 Å². The fourth-order valence-electron chi connectivity index (χ4n) is 5.33. The summed E-state index contributed by atoms with van der Waals surface area (Å²) in [6.45, 7) is 0. The Labute approximate surface area is 182 Å². The number of carbonyl (C=O) groups excluding carboxylic acids is 3. The summed E-state index contributed by atoms with van der Waals surface area (Å²) in [6, 6.07) is 1.48. The van der Waals surface area contributed by atoms with Gasteiger partial charge in [0.15, 0.2) is 11.4 Å². The maximum Gasteiger partial charge on any atom is 0.255 e. The summed E-state index contributed by atoms with van der Waals surface area (Å²) >= 11 is 0. The number of amides is 1. The highest BCUT2D eigenvalue weighted by atomic mass is 16.3. The number of benzene rings is 1. The molecule has 0 radical (unpaired) electrons. The van der Waals surface area contributed by atoms with Crippen LogP contribution in [0.1, 0.15) is 17.5 Å². The molecule has 0 heterocycles. The molecule has 2 unspecified atom stereocenters. The van der Waals surface area contributed by atoms with E-state index < -0.39 is 58.0 Å². The SMILES string of the molecule is CN(C)[C@@H]1C(=O)C(C(N)=O)=C(O)[C@@]2(O)C(=O)C3=C(O)c4c(O)ccc(N=N)c4CC3CC12. The quantitative estimate of drug-likeness (QED) is 0.289. The molecule has 0 bridgehead atoms. The first-order chi connectivity index (χ1) is 15.0. The first kappa shape index (κ1) is 21.7. The molecule has 168 valence electrons. The number of aliphatic hydroxyl groups excluding tert-OH is 2. The third-order valence-electron chi connectivity index (χ3n) is 6.70. The van der Waals surface area contributed by atoms with E-state index in [1.807, 2.05) is 0 Å². The fraction of sp³-hybridized carbons (Fsp3) is 0.381. The van der Waals surface area contributed by atoms with Crippen molar-refractivity contribution < 1.29 is 34.8 Å². The maximum atomic E-state index is 13.6. The van der Waals surface area contributed by atoms with Gasteiger partial charge in [0, 0.05) is 11.5 Å². The molecule has 11 nitrogen and oxygen atoms in total. The van der Waals surface area contributed by atoms with Gasteiger partial charge in [-0.25, -0.2) is 5.53 Å². The van der Waals surface area contributed by atoms with Gasteiger partial charge in [0.25, 0.3) is 5.91 Å². The zero-order valence-corrected chi connectivity index (χ0v) is 17.3. The molecule has 0 aliphatic heterocycles. The van der Waals surface area contributed by atoms with Crippen molar-refractivity contribution in [3.05, 3.63) is 40.2 Å². The lowest BCUT2D eigenvalue weighted by Gasteiger charge is -2.50. The Hall–Kier alpha value is -3.57. The van der Waals surface area contributed by atoms with Gasteiger partial charge in [-0.2, -0.15) is 5.11 Å². The van der Waals surface area contributed by atoms with E-state index in [-0.39, 0.29) is 35.4 Å². The second kappa shape index (κ2) is 6.97. The highest BCUT2D eigenvalue weighted by Crippen LogP contribution is 2.53. The first-order valence-corrected chi connectivity index (χ1v) is 9.83. The predicted molar refractivity (Wildman–Crippen MR) is 109 cm³/mol. The molecule has 0 saturated heterocycles. The van der Waals surface area contributed by atoms with Crippen LogP contribution in [-0.4, -0.2) is 68.5 Å². The van der Waals surface area contributed by atoms with Gasteiger partial charge in [-0.05, 0) is 50.6 Å². The summed E-state index contributed by atoms with van der Waals surface area (Å²) < 4.78 is 0. The third kappa shape index (κ3) is 2.58. The fourth-order valence-corrected chi connectivity index (χ4v) is 5.33. The molecule has 1 aromatic carbocycles.